The molecule has 0 amide bonds. The molecule has 106 valence electrons. The van der Waals surface area contributed by atoms with Crippen molar-refractivity contribution in [2.75, 3.05) is 27.0 Å². The first-order valence-corrected chi connectivity index (χ1v) is 7.68. The number of carbonyl (C=O) groups is 1. The van der Waals surface area contributed by atoms with E-state index >= 15 is 0 Å². The molecule has 0 N–H and O–H groups in total. The van der Waals surface area contributed by atoms with E-state index in [0.717, 1.165) is 0 Å². The highest BCUT2D eigenvalue weighted by molar-refractivity contribution is 7.54. The summed E-state index contributed by atoms with van der Waals surface area (Å²) < 4.78 is 26.3. The van der Waals surface area contributed by atoms with Gasteiger partial charge in [-0.1, -0.05) is 23.2 Å². The van der Waals surface area contributed by atoms with Crippen LogP contribution in [-0.4, -0.2) is 32.8 Å². The van der Waals surface area contributed by atoms with Crippen LogP contribution < -0.4 is 4.74 Å². The first kappa shape index (κ1) is 16.5. The molecule has 0 saturated heterocycles. The van der Waals surface area contributed by atoms with Gasteiger partial charge in [-0.15, -0.1) is 0 Å². The van der Waals surface area contributed by atoms with Crippen molar-refractivity contribution in [2.45, 2.75) is 0 Å². The van der Waals surface area contributed by atoms with Crippen molar-refractivity contribution in [3.05, 3.63) is 28.2 Å². The van der Waals surface area contributed by atoms with Gasteiger partial charge < -0.3 is 13.8 Å². The summed E-state index contributed by atoms with van der Waals surface area (Å²) in [5, 5.41) is 0.758. The van der Waals surface area contributed by atoms with Crippen LogP contribution in [0.15, 0.2) is 18.2 Å². The lowest BCUT2D eigenvalue weighted by Crippen LogP contribution is -2.16. The minimum absolute atomic E-state index is 0.280. The van der Waals surface area contributed by atoms with Gasteiger partial charge in [0.05, 0.1) is 5.02 Å². The Morgan fingerprint density at radius 2 is 1.89 bits per heavy atom. The first-order chi connectivity index (χ1) is 8.90. The molecule has 19 heavy (non-hydrogen) atoms. The van der Waals surface area contributed by atoms with Crippen molar-refractivity contribution < 1.29 is 23.1 Å². The summed E-state index contributed by atoms with van der Waals surface area (Å²) in [6.07, 6.45) is -0.356. The Morgan fingerprint density at radius 1 is 1.26 bits per heavy atom. The molecule has 0 unspecified atom stereocenters. The molecule has 0 radical (unpaired) electrons. The molecule has 0 aliphatic rings. The molecule has 1 aromatic carbocycles. The number of ketones is 1. The monoisotopic (exact) mass is 326 g/mol. The summed E-state index contributed by atoms with van der Waals surface area (Å²) in [6, 6.07) is 4.63. The number of carbonyl (C=O) groups excluding carboxylic acids is 1. The zero-order valence-corrected chi connectivity index (χ0v) is 12.8. The highest BCUT2D eigenvalue weighted by Gasteiger charge is 2.25. The van der Waals surface area contributed by atoms with Crippen molar-refractivity contribution in [3.8, 4) is 5.75 Å². The van der Waals surface area contributed by atoms with Crippen molar-refractivity contribution in [3.63, 3.8) is 0 Å². The first-order valence-electron chi connectivity index (χ1n) is 5.20. The largest absolute Gasteiger partial charge is 0.484 e. The molecule has 0 heterocycles. The van der Waals surface area contributed by atoms with Gasteiger partial charge in [0, 0.05) is 19.2 Å². The number of rotatable bonds is 7. The Hall–Kier alpha value is -0.580. The molecule has 0 bridgehead atoms. The maximum Gasteiger partial charge on any atom is 0.337 e. The van der Waals surface area contributed by atoms with Crippen LogP contribution in [0.5, 0.6) is 5.75 Å². The second kappa shape index (κ2) is 7.27. The average molecular weight is 327 g/mol. The van der Waals surface area contributed by atoms with Gasteiger partial charge in [0.15, 0.2) is 5.78 Å². The average Bonchev–Trinajstić information content (AvgIpc) is 2.37. The van der Waals surface area contributed by atoms with Crippen LogP contribution in [0.3, 0.4) is 0 Å². The van der Waals surface area contributed by atoms with E-state index in [2.05, 4.69) is 9.05 Å². The third kappa shape index (κ3) is 5.13. The Kier molecular flexibility index (Phi) is 6.30. The molecule has 0 fully saturated rings. The van der Waals surface area contributed by atoms with Crippen LogP contribution >= 0.6 is 30.8 Å². The minimum atomic E-state index is -3.36. The van der Waals surface area contributed by atoms with E-state index in [1.807, 2.05) is 0 Å². The summed E-state index contributed by atoms with van der Waals surface area (Å²) in [7, 11) is -0.928. The molecule has 8 heteroatoms. The molecule has 1 rings (SSSR count). The minimum Gasteiger partial charge on any atom is -0.484 e. The van der Waals surface area contributed by atoms with E-state index in [9.17, 15) is 9.36 Å². The second-order valence-corrected chi connectivity index (χ2v) is 6.65. The van der Waals surface area contributed by atoms with Crippen LogP contribution in [0, 0.1) is 0 Å². The lowest BCUT2D eigenvalue weighted by atomic mass is 10.3. The number of ether oxygens (including phenoxy) is 1. The zero-order valence-electron chi connectivity index (χ0n) is 10.4. The van der Waals surface area contributed by atoms with E-state index in [4.69, 9.17) is 27.9 Å². The Bertz CT molecular complexity index is 498. The molecule has 0 aliphatic carbocycles. The van der Waals surface area contributed by atoms with Gasteiger partial charge >= 0.3 is 7.60 Å². The highest BCUT2D eigenvalue weighted by Crippen LogP contribution is 2.45. The third-order valence-corrected chi connectivity index (χ3v) is 4.59. The van der Waals surface area contributed by atoms with E-state index in [1.54, 1.807) is 12.1 Å². The Labute approximate surface area is 121 Å². The van der Waals surface area contributed by atoms with Gasteiger partial charge in [-0.3, -0.25) is 9.36 Å². The van der Waals surface area contributed by atoms with Crippen LogP contribution in [0.1, 0.15) is 0 Å². The standard InChI is InChI=1S/C11H13Cl2O5P/c1-16-19(15,17-2)7-9(14)6-18-11-4-3-8(12)5-10(11)13/h3-5H,6-7H2,1-2H3. The maximum absolute atomic E-state index is 11.7. The second-order valence-electron chi connectivity index (χ2n) is 3.54. The topological polar surface area (TPSA) is 61.8 Å². The zero-order chi connectivity index (χ0) is 14.5. The summed E-state index contributed by atoms with van der Waals surface area (Å²) in [6.45, 7) is -0.280. The molecule has 0 aliphatic heterocycles. The number of halogens is 2. The molecule has 0 spiro atoms. The van der Waals surface area contributed by atoms with Gasteiger partial charge in [-0.2, -0.15) is 0 Å². The fraction of sp³-hybridized carbons (Fsp3) is 0.364. The smallest absolute Gasteiger partial charge is 0.337 e. The molecular formula is C11H13Cl2O5P. The number of hydrogen-bond donors (Lipinski definition) is 0. The number of Topliss-reactive ketones (excluding diaryl/α,β-unsaturated/α-hetero) is 1. The summed E-state index contributed by atoms with van der Waals surface area (Å²) in [4.78, 5) is 11.6. The van der Waals surface area contributed by atoms with Gasteiger partial charge in [0.25, 0.3) is 0 Å². The molecule has 0 aromatic heterocycles. The molecule has 0 atom stereocenters. The van der Waals surface area contributed by atoms with Gasteiger partial charge in [0.2, 0.25) is 0 Å². The predicted molar refractivity (Wildman–Crippen MR) is 73.5 cm³/mol. The van der Waals surface area contributed by atoms with E-state index in [1.165, 1.54) is 20.3 Å². The number of benzene rings is 1. The van der Waals surface area contributed by atoms with E-state index in [0.29, 0.717) is 15.8 Å². The predicted octanol–water partition coefficient (Wildman–Crippen LogP) is 3.43. The van der Waals surface area contributed by atoms with E-state index < -0.39 is 13.4 Å². The highest BCUT2D eigenvalue weighted by atomic mass is 35.5. The van der Waals surface area contributed by atoms with Gasteiger partial charge in [-0.25, -0.2) is 0 Å². The van der Waals surface area contributed by atoms with Crippen LogP contribution in [-0.2, 0) is 18.4 Å². The van der Waals surface area contributed by atoms with Gasteiger partial charge in [-0.05, 0) is 18.2 Å². The van der Waals surface area contributed by atoms with Crippen LogP contribution in [0.4, 0.5) is 0 Å². The Morgan fingerprint density at radius 3 is 2.42 bits per heavy atom. The summed E-state index contributed by atoms with van der Waals surface area (Å²) >= 11 is 11.6. The van der Waals surface area contributed by atoms with Gasteiger partial charge in [0.1, 0.15) is 18.5 Å². The lowest BCUT2D eigenvalue weighted by Gasteiger charge is -2.13. The van der Waals surface area contributed by atoms with Crippen molar-refractivity contribution in [1.82, 2.24) is 0 Å². The SMILES string of the molecule is COP(=O)(CC(=O)COc1ccc(Cl)cc1Cl)OC. The Balaban J connectivity index is 2.57. The fourth-order valence-electron chi connectivity index (χ4n) is 1.22. The quantitative estimate of drug-likeness (QED) is 0.718. The third-order valence-electron chi connectivity index (χ3n) is 2.21. The summed E-state index contributed by atoms with van der Waals surface area (Å²) in [5.74, 6) is -0.0952. The van der Waals surface area contributed by atoms with Crippen LogP contribution in [0.25, 0.3) is 0 Å². The normalized spacial score (nSPS) is 11.4. The van der Waals surface area contributed by atoms with Crippen LogP contribution in [0.2, 0.25) is 10.0 Å². The maximum atomic E-state index is 11.7. The van der Waals surface area contributed by atoms with Crippen molar-refractivity contribution in [1.29, 1.82) is 0 Å². The summed E-state index contributed by atoms with van der Waals surface area (Å²) in [5.41, 5.74) is 0. The molecule has 1 aromatic rings. The van der Waals surface area contributed by atoms with E-state index in [-0.39, 0.29) is 12.8 Å². The van der Waals surface area contributed by atoms with Crippen molar-refractivity contribution >= 4 is 36.6 Å². The molecular weight excluding hydrogens is 314 g/mol. The molecule has 5 nitrogen and oxygen atoms in total. The molecule has 0 saturated carbocycles. The van der Waals surface area contributed by atoms with Crippen molar-refractivity contribution in [2.24, 2.45) is 0 Å². The number of hydrogen-bond acceptors (Lipinski definition) is 5. The lowest BCUT2D eigenvalue weighted by molar-refractivity contribution is -0.118. The fourth-order valence-corrected chi connectivity index (χ4v) is 2.61.